The van der Waals surface area contributed by atoms with E-state index in [1.165, 1.54) is 13.2 Å². The highest BCUT2D eigenvalue weighted by molar-refractivity contribution is 9.10. The van der Waals surface area contributed by atoms with Crippen molar-refractivity contribution in [2.45, 2.75) is 25.1 Å². The number of benzene rings is 1. The first-order chi connectivity index (χ1) is 9.31. The van der Waals surface area contributed by atoms with E-state index < -0.39 is 18.6 Å². The summed E-state index contributed by atoms with van der Waals surface area (Å²) in [5, 5.41) is 0. The first-order valence-corrected chi connectivity index (χ1v) is 6.82. The minimum atomic E-state index is -4.40. The summed E-state index contributed by atoms with van der Waals surface area (Å²) in [6.45, 7) is -1.22. The Balaban J connectivity index is 2.27. The van der Waals surface area contributed by atoms with E-state index in [-0.39, 0.29) is 11.6 Å². The van der Waals surface area contributed by atoms with E-state index >= 15 is 0 Å². The number of hydrogen-bond acceptors (Lipinski definition) is 2. The molecule has 0 atom stereocenters. The fraction of sp³-hybridized carbons (Fsp3) is 0.462. The number of methoxy groups -OCH3 is 1. The molecule has 1 aromatic rings. The maximum atomic E-state index is 12.6. The lowest BCUT2D eigenvalue weighted by Gasteiger charge is -2.24. The molecule has 1 saturated carbocycles. The number of amides is 1. The average molecular weight is 352 g/mol. The molecule has 3 nitrogen and oxygen atoms in total. The maximum absolute atomic E-state index is 12.6. The number of carbonyl (C=O) groups is 1. The van der Waals surface area contributed by atoms with Crippen LogP contribution in [0, 0.1) is 0 Å². The molecule has 0 bridgehead atoms. The van der Waals surface area contributed by atoms with Gasteiger partial charge in [0.2, 0.25) is 0 Å². The largest absolute Gasteiger partial charge is 0.497 e. The van der Waals surface area contributed by atoms with Crippen LogP contribution >= 0.6 is 15.9 Å². The molecule has 0 aromatic heterocycles. The predicted molar refractivity (Wildman–Crippen MR) is 70.8 cm³/mol. The van der Waals surface area contributed by atoms with Crippen LogP contribution in [0.15, 0.2) is 22.7 Å². The van der Waals surface area contributed by atoms with Crippen LogP contribution in [-0.2, 0) is 0 Å². The number of alkyl halides is 3. The molecule has 110 valence electrons. The van der Waals surface area contributed by atoms with E-state index in [9.17, 15) is 18.0 Å². The number of ether oxygens (including phenoxy) is 1. The van der Waals surface area contributed by atoms with E-state index in [2.05, 4.69) is 15.9 Å². The molecule has 1 fully saturated rings. The van der Waals surface area contributed by atoms with Gasteiger partial charge in [-0.2, -0.15) is 13.2 Å². The first-order valence-electron chi connectivity index (χ1n) is 6.03. The zero-order chi connectivity index (χ0) is 14.9. The summed E-state index contributed by atoms with van der Waals surface area (Å²) in [5.74, 6) is -0.199. The van der Waals surface area contributed by atoms with E-state index in [1.807, 2.05) is 0 Å². The standard InChI is InChI=1S/C13H13BrF3NO2/c1-20-9-4-5-11(14)10(6-9)12(19)18(8-2-3-8)7-13(15,16)17/h4-6,8H,2-3,7H2,1H3. The van der Waals surface area contributed by atoms with Crippen molar-refractivity contribution in [2.24, 2.45) is 0 Å². The number of hydrogen-bond donors (Lipinski definition) is 0. The summed E-state index contributed by atoms with van der Waals surface area (Å²) in [5.41, 5.74) is 0.181. The molecule has 1 aromatic carbocycles. The Morgan fingerprint density at radius 1 is 1.45 bits per heavy atom. The lowest BCUT2D eigenvalue weighted by atomic mass is 10.2. The molecule has 0 N–H and O–H groups in total. The van der Waals surface area contributed by atoms with Gasteiger partial charge in [-0.25, -0.2) is 0 Å². The van der Waals surface area contributed by atoms with Crippen LogP contribution in [0.3, 0.4) is 0 Å². The van der Waals surface area contributed by atoms with Crippen molar-refractivity contribution in [1.29, 1.82) is 0 Å². The van der Waals surface area contributed by atoms with E-state index in [0.717, 1.165) is 4.90 Å². The molecular weight excluding hydrogens is 339 g/mol. The minimum absolute atomic E-state index is 0.181. The molecule has 1 amide bonds. The second kappa shape index (κ2) is 5.63. The van der Waals surface area contributed by atoms with Crippen LogP contribution < -0.4 is 4.74 Å². The quantitative estimate of drug-likeness (QED) is 0.828. The fourth-order valence-electron chi connectivity index (χ4n) is 1.90. The van der Waals surface area contributed by atoms with Crippen molar-refractivity contribution in [3.05, 3.63) is 28.2 Å². The van der Waals surface area contributed by atoms with Crippen LogP contribution in [0.4, 0.5) is 13.2 Å². The van der Waals surface area contributed by atoms with Gasteiger partial charge in [-0.3, -0.25) is 4.79 Å². The summed E-state index contributed by atoms with van der Waals surface area (Å²) < 4.78 is 43.2. The summed E-state index contributed by atoms with van der Waals surface area (Å²) in [4.78, 5) is 13.2. The molecule has 0 saturated heterocycles. The van der Waals surface area contributed by atoms with Crippen molar-refractivity contribution < 1.29 is 22.7 Å². The average Bonchev–Trinajstić information content (AvgIpc) is 3.19. The highest BCUT2D eigenvalue weighted by Crippen LogP contribution is 2.33. The van der Waals surface area contributed by atoms with Gasteiger partial charge in [0, 0.05) is 10.5 Å². The maximum Gasteiger partial charge on any atom is 0.406 e. The molecule has 0 aliphatic heterocycles. The summed E-state index contributed by atoms with van der Waals surface area (Å²) in [6.07, 6.45) is -3.17. The Labute approximate surface area is 122 Å². The van der Waals surface area contributed by atoms with Crippen molar-refractivity contribution >= 4 is 21.8 Å². The zero-order valence-corrected chi connectivity index (χ0v) is 12.3. The highest BCUT2D eigenvalue weighted by Gasteiger charge is 2.41. The Morgan fingerprint density at radius 2 is 2.10 bits per heavy atom. The first kappa shape index (κ1) is 15.2. The van der Waals surface area contributed by atoms with E-state index in [0.29, 0.717) is 23.1 Å². The van der Waals surface area contributed by atoms with Crippen molar-refractivity contribution in [1.82, 2.24) is 4.90 Å². The van der Waals surface area contributed by atoms with Crippen LogP contribution in [0.5, 0.6) is 5.75 Å². The summed E-state index contributed by atoms with van der Waals surface area (Å²) in [7, 11) is 1.44. The lowest BCUT2D eigenvalue weighted by molar-refractivity contribution is -0.141. The normalized spacial score (nSPS) is 15.1. The third-order valence-corrected chi connectivity index (χ3v) is 3.69. The SMILES string of the molecule is COc1ccc(Br)c(C(=O)N(CC(F)(F)F)C2CC2)c1. The van der Waals surface area contributed by atoms with Gasteiger partial charge in [-0.15, -0.1) is 0 Å². The van der Waals surface area contributed by atoms with Crippen LogP contribution in [0.1, 0.15) is 23.2 Å². The van der Waals surface area contributed by atoms with Gasteiger partial charge in [-0.05, 0) is 47.0 Å². The Hall–Kier alpha value is -1.24. The van der Waals surface area contributed by atoms with E-state index in [4.69, 9.17) is 4.74 Å². The second-order valence-corrected chi connectivity index (χ2v) is 5.48. The Morgan fingerprint density at radius 3 is 2.60 bits per heavy atom. The number of nitrogens with zero attached hydrogens (tertiary/aromatic N) is 1. The van der Waals surface area contributed by atoms with Gasteiger partial charge in [0.25, 0.3) is 5.91 Å². The van der Waals surface area contributed by atoms with E-state index in [1.54, 1.807) is 12.1 Å². The second-order valence-electron chi connectivity index (χ2n) is 4.63. The van der Waals surface area contributed by atoms with Crippen molar-refractivity contribution in [3.63, 3.8) is 0 Å². The Kier molecular flexibility index (Phi) is 4.27. The minimum Gasteiger partial charge on any atom is -0.497 e. The smallest absolute Gasteiger partial charge is 0.406 e. The fourth-order valence-corrected chi connectivity index (χ4v) is 2.31. The van der Waals surface area contributed by atoms with Gasteiger partial charge in [0.1, 0.15) is 12.3 Å². The Bertz CT molecular complexity index is 515. The molecule has 1 aliphatic carbocycles. The molecule has 0 spiro atoms. The number of rotatable bonds is 4. The summed E-state index contributed by atoms with van der Waals surface area (Å²) >= 11 is 3.19. The van der Waals surface area contributed by atoms with Gasteiger partial charge in [0.05, 0.1) is 12.7 Å². The van der Waals surface area contributed by atoms with Crippen molar-refractivity contribution in [3.8, 4) is 5.75 Å². The molecule has 2 rings (SSSR count). The van der Waals surface area contributed by atoms with Gasteiger partial charge in [0.15, 0.2) is 0 Å². The molecule has 0 heterocycles. The molecule has 7 heteroatoms. The monoisotopic (exact) mass is 351 g/mol. The molecule has 0 unspecified atom stereocenters. The van der Waals surface area contributed by atoms with Crippen LogP contribution in [0.25, 0.3) is 0 Å². The number of carbonyl (C=O) groups excluding carboxylic acids is 1. The molecule has 0 radical (unpaired) electrons. The lowest BCUT2D eigenvalue weighted by Crippen LogP contribution is -2.40. The molecule has 20 heavy (non-hydrogen) atoms. The molecule has 1 aliphatic rings. The number of halogens is 4. The van der Waals surface area contributed by atoms with Gasteiger partial charge in [-0.1, -0.05) is 0 Å². The highest BCUT2D eigenvalue weighted by atomic mass is 79.9. The predicted octanol–water partition coefficient (Wildman–Crippen LogP) is 3.62. The topological polar surface area (TPSA) is 29.5 Å². The van der Waals surface area contributed by atoms with Gasteiger partial charge < -0.3 is 9.64 Å². The van der Waals surface area contributed by atoms with Crippen molar-refractivity contribution in [2.75, 3.05) is 13.7 Å². The molecular formula is C13H13BrF3NO2. The zero-order valence-electron chi connectivity index (χ0n) is 10.7. The summed E-state index contributed by atoms with van der Waals surface area (Å²) in [6, 6.07) is 4.34. The van der Waals surface area contributed by atoms with Crippen LogP contribution in [-0.4, -0.2) is 36.7 Å². The van der Waals surface area contributed by atoms with Crippen LogP contribution in [0.2, 0.25) is 0 Å². The van der Waals surface area contributed by atoms with Gasteiger partial charge >= 0.3 is 6.18 Å². The third kappa shape index (κ3) is 3.65. The third-order valence-electron chi connectivity index (χ3n) is 3.00.